The number of benzene rings is 2. The zero-order valence-electron chi connectivity index (χ0n) is 16.7. The molecule has 0 bridgehead atoms. The van der Waals surface area contributed by atoms with Crippen molar-refractivity contribution in [3.8, 4) is 23.1 Å². The number of nitrogens with one attached hydrogen (secondary N) is 1. The summed E-state index contributed by atoms with van der Waals surface area (Å²) in [5, 5.41) is 10.7. The zero-order chi connectivity index (χ0) is 21.5. The van der Waals surface area contributed by atoms with E-state index in [4.69, 9.17) is 16.3 Å². The lowest BCUT2D eigenvalue weighted by Crippen LogP contribution is -2.08. The van der Waals surface area contributed by atoms with Gasteiger partial charge < -0.3 is 14.0 Å². The fourth-order valence-corrected chi connectivity index (χ4v) is 4.58. The van der Waals surface area contributed by atoms with Crippen LogP contribution in [0.15, 0.2) is 42.5 Å². The Kier molecular flexibility index (Phi) is 7.72. The Labute approximate surface area is 183 Å². The first kappa shape index (κ1) is 22.1. The molecule has 0 amide bonds. The average molecular weight is 448 g/mol. The number of alkyl halides is 2. The molecule has 0 saturated carbocycles. The SMILES string of the molecule is CCn1c(-c2ccc(NS(=O)CCCCl)cc2)c(C#N)c2ccc(OCCF)cc21. The van der Waals surface area contributed by atoms with Crippen molar-refractivity contribution < 1.29 is 13.3 Å². The van der Waals surface area contributed by atoms with Crippen molar-refractivity contribution in [3.63, 3.8) is 0 Å². The van der Waals surface area contributed by atoms with Crippen molar-refractivity contribution in [2.24, 2.45) is 0 Å². The molecule has 1 N–H and O–H groups in total. The highest BCUT2D eigenvalue weighted by atomic mass is 35.5. The van der Waals surface area contributed by atoms with E-state index in [1.807, 2.05) is 43.3 Å². The highest BCUT2D eigenvalue weighted by Gasteiger charge is 2.18. The monoisotopic (exact) mass is 447 g/mol. The summed E-state index contributed by atoms with van der Waals surface area (Å²) in [6.07, 6.45) is 0.679. The second kappa shape index (κ2) is 10.5. The van der Waals surface area contributed by atoms with Gasteiger partial charge in [0, 0.05) is 35.3 Å². The molecule has 0 saturated heterocycles. The van der Waals surface area contributed by atoms with Crippen molar-refractivity contribution in [3.05, 3.63) is 48.0 Å². The third-order valence-corrected chi connectivity index (χ3v) is 6.05. The Bertz CT molecular complexity index is 1080. The molecule has 3 rings (SSSR count). The van der Waals surface area contributed by atoms with Gasteiger partial charge in [0.15, 0.2) is 0 Å². The van der Waals surface area contributed by atoms with Crippen LogP contribution in [0, 0.1) is 11.3 Å². The van der Waals surface area contributed by atoms with Crippen LogP contribution in [-0.2, 0) is 17.5 Å². The number of hydrogen-bond donors (Lipinski definition) is 1. The second-order valence-electron chi connectivity index (χ2n) is 6.57. The Balaban J connectivity index is 1.98. The summed E-state index contributed by atoms with van der Waals surface area (Å²) in [5.41, 5.74) is 3.88. The Morgan fingerprint density at radius 2 is 2.03 bits per heavy atom. The fourth-order valence-electron chi connectivity index (χ4n) is 3.38. The average Bonchev–Trinajstić information content (AvgIpc) is 3.09. The first-order valence-electron chi connectivity index (χ1n) is 9.69. The van der Waals surface area contributed by atoms with Gasteiger partial charge in [-0.05, 0) is 43.2 Å². The van der Waals surface area contributed by atoms with Crippen LogP contribution in [0.2, 0.25) is 0 Å². The Hall–Kier alpha value is -2.56. The lowest BCUT2D eigenvalue weighted by molar-refractivity contribution is 0.273. The number of anilines is 1. The molecule has 0 aliphatic carbocycles. The quantitative estimate of drug-likeness (QED) is 0.431. The molecule has 158 valence electrons. The number of nitriles is 1. The van der Waals surface area contributed by atoms with Crippen LogP contribution in [0.25, 0.3) is 22.2 Å². The van der Waals surface area contributed by atoms with Gasteiger partial charge in [0.2, 0.25) is 0 Å². The molecule has 5 nitrogen and oxygen atoms in total. The number of fused-ring (bicyclic) bond motifs is 1. The van der Waals surface area contributed by atoms with Gasteiger partial charge in [-0.1, -0.05) is 12.1 Å². The number of halogens is 2. The third-order valence-electron chi connectivity index (χ3n) is 4.66. The van der Waals surface area contributed by atoms with Crippen LogP contribution in [0.4, 0.5) is 10.1 Å². The molecular weight excluding hydrogens is 425 g/mol. The summed E-state index contributed by atoms with van der Waals surface area (Å²) in [7, 11) is -1.18. The molecule has 1 atom stereocenters. The largest absolute Gasteiger partial charge is 0.491 e. The molecular formula is C22H23ClFN3O2S. The maximum Gasteiger partial charge on any atom is 0.123 e. The molecule has 0 aliphatic heterocycles. The van der Waals surface area contributed by atoms with E-state index in [0.717, 1.165) is 27.8 Å². The summed E-state index contributed by atoms with van der Waals surface area (Å²) in [6.45, 7) is 2.10. The van der Waals surface area contributed by atoms with Gasteiger partial charge >= 0.3 is 0 Å². The topological polar surface area (TPSA) is 67.0 Å². The summed E-state index contributed by atoms with van der Waals surface area (Å²) in [6, 6.07) is 15.3. The number of rotatable bonds is 10. The van der Waals surface area contributed by atoms with Gasteiger partial charge in [-0.25, -0.2) is 8.60 Å². The summed E-state index contributed by atoms with van der Waals surface area (Å²) in [4.78, 5) is 0. The fraction of sp³-hybridized carbons (Fsp3) is 0.318. The van der Waals surface area contributed by atoms with E-state index in [1.165, 1.54) is 0 Å². The van der Waals surface area contributed by atoms with Gasteiger partial charge in [0.25, 0.3) is 0 Å². The Morgan fingerprint density at radius 1 is 1.27 bits per heavy atom. The van der Waals surface area contributed by atoms with E-state index < -0.39 is 17.7 Å². The molecule has 1 heterocycles. The highest BCUT2D eigenvalue weighted by molar-refractivity contribution is 7.86. The lowest BCUT2D eigenvalue weighted by Gasteiger charge is -2.11. The first-order chi connectivity index (χ1) is 14.6. The maximum atomic E-state index is 12.5. The molecule has 3 aromatic rings. The molecule has 30 heavy (non-hydrogen) atoms. The van der Waals surface area contributed by atoms with Crippen LogP contribution < -0.4 is 9.46 Å². The van der Waals surface area contributed by atoms with Crippen LogP contribution in [0.3, 0.4) is 0 Å². The standard InChI is InChI=1S/C22H23ClFN3O2S/c1-2-27-21-14-18(29-12-11-24)8-9-19(21)20(15-25)22(27)16-4-6-17(7-5-16)26-30(28)13-3-10-23/h4-9,14,26H,2-3,10-13H2,1H3. The number of aryl methyl sites for hydroxylation is 1. The van der Waals surface area contributed by atoms with Gasteiger partial charge in [-0.15, -0.1) is 11.6 Å². The first-order valence-corrected chi connectivity index (χ1v) is 11.5. The predicted molar refractivity (Wildman–Crippen MR) is 121 cm³/mol. The van der Waals surface area contributed by atoms with E-state index in [1.54, 1.807) is 6.07 Å². The van der Waals surface area contributed by atoms with Crippen molar-refractivity contribution in [2.75, 3.05) is 29.6 Å². The van der Waals surface area contributed by atoms with Gasteiger partial charge in [-0.2, -0.15) is 5.26 Å². The van der Waals surface area contributed by atoms with E-state index in [-0.39, 0.29) is 6.61 Å². The molecule has 2 aromatic carbocycles. The van der Waals surface area contributed by atoms with Gasteiger partial charge in [0.05, 0.1) is 16.8 Å². The van der Waals surface area contributed by atoms with Crippen molar-refractivity contribution >= 4 is 39.2 Å². The van der Waals surface area contributed by atoms with E-state index in [2.05, 4.69) is 15.4 Å². The van der Waals surface area contributed by atoms with E-state index in [0.29, 0.717) is 35.9 Å². The van der Waals surface area contributed by atoms with Crippen LogP contribution in [0.5, 0.6) is 5.75 Å². The minimum atomic E-state index is -1.18. The van der Waals surface area contributed by atoms with Crippen LogP contribution >= 0.6 is 11.6 Å². The molecule has 0 spiro atoms. The van der Waals surface area contributed by atoms with Crippen molar-refractivity contribution in [1.29, 1.82) is 5.26 Å². The molecule has 1 unspecified atom stereocenters. The summed E-state index contributed by atoms with van der Waals surface area (Å²) in [5.74, 6) is 1.54. The molecule has 8 heteroatoms. The molecule has 0 radical (unpaired) electrons. The van der Waals surface area contributed by atoms with Crippen molar-refractivity contribution in [1.82, 2.24) is 4.57 Å². The van der Waals surface area contributed by atoms with E-state index in [9.17, 15) is 13.9 Å². The third kappa shape index (κ3) is 4.77. The minimum absolute atomic E-state index is 0.00295. The zero-order valence-corrected chi connectivity index (χ0v) is 18.2. The lowest BCUT2D eigenvalue weighted by atomic mass is 10.1. The highest BCUT2D eigenvalue weighted by Crippen LogP contribution is 2.35. The maximum absolute atomic E-state index is 12.5. The number of nitrogens with zero attached hydrogens (tertiary/aromatic N) is 2. The van der Waals surface area contributed by atoms with Gasteiger partial charge in [0.1, 0.15) is 36.1 Å². The number of hydrogen-bond acceptors (Lipinski definition) is 3. The predicted octanol–water partition coefficient (Wildman–Crippen LogP) is 5.25. The van der Waals surface area contributed by atoms with Crippen LogP contribution in [0.1, 0.15) is 18.9 Å². The second-order valence-corrected chi connectivity index (χ2v) is 8.25. The van der Waals surface area contributed by atoms with E-state index >= 15 is 0 Å². The van der Waals surface area contributed by atoms with Gasteiger partial charge in [-0.3, -0.25) is 0 Å². The number of ether oxygens (including phenoxy) is 1. The van der Waals surface area contributed by atoms with Crippen LogP contribution in [-0.4, -0.2) is 33.7 Å². The summed E-state index contributed by atoms with van der Waals surface area (Å²) < 4.78 is 34.9. The smallest absolute Gasteiger partial charge is 0.123 e. The molecule has 0 fully saturated rings. The minimum Gasteiger partial charge on any atom is -0.491 e. The molecule has 1 aromatic heterocycles. The number of aromatic nitrogens is 1. The Morgan fingerprint density at radius 3 is 2.67 bits per heavy atom. The normalized spacial score (nSPS) is 11.9. The molecule has 0 aliphatic rings. The summed E-state index contributed by atoms with van der Waals surface area (Å²) >= 11 is 5.65. The van der Waals surface area contributed by atoms with Crippen molar-refractivity contribution in [2.45, 2.75) is 19.9 Å².